The molecule has 2 aromatic carbocycles. The van der Waals surface area contributed by atoms with Crippen LogP contribution in [0.5, 0.6) is 0 Å². The van der Waals surface area contributed by atoms with Gasteiger partial charge in [-0.1, -0.05) is 11.6 Å². The summed E-state index contributed by atoms with van der Waals surface area (Å²) in [6.07, 6.45) is -4.51. The number of aryl methyl sites for hydroxylation is 1. The third kappa shape index (κ3) is 5.93. The standard InChI is InChI=1S/C20H21F6N3O2S/c1-12(2)29(16-8-6-15(7-9-16)19(21,22)23)27-14(4)17-11-13(3)5-10-18(17)28-32(30,31)20(24,25)26/h5-12,28H,1-4H3/b27-14+. The molecule has 0 spiro atoms. The number of sulfonamides is 1. The van der Waals surface area contributed by atoms with E-state index in [1.807, 2.05) is 0 Å². The van der Waals surface area contributed by atoms with E-state index in [1.54, 1.807) is 20.8 Å². The van der Waals surface area contributed by atoms with Crippen molar-refractivity contribution in [1.82, 2.24) is 0 Å². The van der Waals surface area contributed by atoms with E-state index in [4.69, 9.17) is 0 Å². The zero-order valence-corrected chi connectivity index (χ0v) is 18.3. The number of alkyl halides is 6. The Labute approximate surface area is 181 Å². The molecule has 0 amide bonds. The molecule has 0 saturated heterocycles. The molecule has 0 heterocycles. The van der Waals surface area contributed by atoms with Gasteiger partial charge in [-0.25, -0.2) is 0 Å². The van der Waals surface area contributed by atoms with Crippen molar-refractivity contribution in [1.29, 1.82) is 0 Å². The lowest BCUT2D eigenvalue weighted by Crippen LogP contribution is -2.31. The first-order valence-electron chi connectivity index (χ1n) is 9.24. The molecule has 0 unspecified atom stereocenters. The first kappa shape index (κ1) is 25.5. The summed E-state index contributed by atoms with van der Waals surface area (Å²) in [7, 11) is -5.66. The molecule has 0 radical (unpaired) electrons. The van der Waals surface area contributed by atoms with Crippen molar-refractivity contribution >= 4 is 27.1 Å². The fraction of sp³-hybridized carbons (Fsp3) is 0.350. The zero-order chi connectivity index (χ0) is 24.5. The molecule has 5 nitrogen and oxygen atoms in total. The first-order valence-corrected chi connectivity index (χ1v) is 10.7. The second-order valence-corrected chi connectivity index (χ2v) is 8.94. The van der Waals surface area contributed by atoms with Gasteiger partial charge in [0.1, 0.15) is 0 Å². The molecule has 0 aliphatic carbocycles. The predicted octanol–water partition coefficient (Wildman–Crippen LogP) is 5.91. The lowest BCUT2D eigenvalue weighted by atomic mass is 10.1. The van der Waals surface area contributed by atoms with Crippen molar-refractivity contribution in [2.24, 2.45) is 5.10 Å². The van der Waals surface area contributed by atoms with E-state index < -0.39 is 27.3 Å². The van der Waals surface area contributed by atoms with Crippen LogP contribution in [0.15, 0.2) is 47.6 Å². The third-order valence-electron chi connectivity index (χ3n) is 4.32. The summed E-state index contributed by atoms with van der Waals surface area (Å²) in [6, 6.07) is 7.98. The van der Waals surface area contributed by atoms with Gasteiger partial charge in [0.05, 0.1) is 22.6 Å². The number of hydrogen-bond donors (Lipinski definition) is 1. The van der Waals surface area contributed by atoms with Crippen molar-refractivity contribution in [2.45, 2.75) is 45.4 Å². The minimum atomic E-state index is -5.66. The van der Waals surface area contributed by atoms with Crippen LogP contribution < -0.4 is 9.73 Å². The van der Waals surface area contributed by atoms with Crippen LogP contribution in [0.1, 0.15) is 37.5 Å². The molecule has 0 fully saturated rings. The van der Waals surface area contributed by atoms with Crippen LogP contribution in [0, 0.1) is 6.92 Å². The lowest BCUT2D eigenvalue weighted by molar-refractivity contribution is -0.137. The van der Waals surface area contributed by atoms with Crippen molar-refractivity contribution in [3.63, 3.8) is 0 Å². The second kappa shape index (κ2) is 9.00. The van der Waals surface area contributed by atoms with Gasteiger partial charge in [0.2, 0.25) is 0 Å². The van der Waals surface area contributed by atoms with Crippen molar-refractivity contribution in [3.8, 4) is 0 Å². The molecular formula is C20H21F6N3O2S. The number of nitrogens with zero attached hydrogens (tertiary/aromatic N) is 2. The molecule has 0 aromatic heterocycles. The quantitative estimate of drug-likeness (QED) is 0.317. The predicted molar refractivity (Wildman–Crippen MR) is 111 cm³/mol. The molecule has 0 aliphatic heterocycles. The lowest BCUT2D eigenvalue weighted by Gasteiger charge is -2.25. The highest BCUT2D eigenvalue weighted by atomic mass is 32.2. The van der Waals surface area contributed by atoms with E-state index in [1.165, 1.54) is 47.0 Å². The molecule has 0 aliphatic rings. The van der Waals surface area contributed by atoms with Gasteiger partial charge < -0.3 is 0 Å². The minimum absolute atomic E-state index is 0.0930. The molecule has 2 rings (SSSR count). The SMILES string of the molecule is C/C(=N\N(c1ccc(C(F)(F)F)cc1)C(C)C)c1cc(C)ccc1NS(=O)(=O)C(F)(F)F. The van der Waals surface area contributed by atoms with Crippen LogP contribution >= 0.6 is 0 Å². The minimum Gasteiger partial charge on any atom is -0.275 e. The van der Waals surface area contributed by atoms with Crippen LogP contribution in [-0.4, -0.2) is 25.7 Å². The van der Waals surface area contributed by atoms with Gasteiger partial charge in [-0.2, -0.15) is 39.9 Å². The zero-order valence-electron chi connectivity index (χ0n) is 17.5. The Bertz CT molecular complexity index is 1090. The molecule has 32 heavy (non-hydrogen) atoms. The Morgan fingerprint density at radius 1 is 1.00 bits per heavy atom. The van der Waals surface area contributed by atoms with Crippen LogP contribution in [0.3, 0.4) is 0 Å². The van der Waals surface area contributed by atoms with Crippen molar-refractivity contribution < 1.29 is 34.8 Å². The van der Waals surface area contributed by atoms with Crippen LogP contribution in [0.25, 0.3) is 0 Å². The number of anilines is 2. The smallest absolute Gasteiger partial charge is 0.275 e. The number of hydrogen-bond acceptors (Lipinski definition) is 4. The Balaban J connectivity index is 2.50. The molecule has 0 bridgehead atoms. The summed E-state index contributed by atoms with van der Waals surface area (Å²) in [5.41, 5.74) is -5.48. The monoisotopic (exact) mass is 481 g/mol. The molecular weight excluding hydrogens is 460 g/mol. The van der Waals surface area contributed by atoms with Gasteiger partial charge in [0, 0.05) is 11.6 Å². The Morgan fingerprint density at radius 3 is 2.03 bits per heavy atom. The number of nitrogens with one attached hydrogen (secondary N) is 1. The van der Waals surface area contributed by atoms with E-state index in [0.29, 0.717) is 11.3 Å². The highest BCUT2D eigenvalue weighted by Crippen LogP contribution is 2.32. The highest BCUT2D eigenvalue weighted by Gasteiger charge is 2.46. The van der Waals surface area contributed by atoms with Gasteiger partial charge in [-0.3, -0.25) is 9.73 Å². The average Bonchev–Trinajstić information content (AvgIpc) is 2.65. The maximum atomic E-state index is 12.8. The maximum absolute atomic E-state index is 12.8. The van der Waals surface area contributed by atoms with Gasteiger partial charge in [-0.15, -0.1) is 0 Å². The topological polar surface area (TPSA) is 61.8 Å². The van der Waals surface area contributed by atoms with Gasteiger partial charge >= 0.3 is 21.7 Å². The number of hydrazone groups is 1. The van der Waals surface area contributed by atoms with Crippen molar-refractivity contribution in [2.75, 3.05) is 9.73 Å². The molecule has 176 valence electrons. The van der Waals surface area contributed by atoms with Gasteiger partial charge in [0.25, 0.3) is 0 Å². The fourth-order valence-corrected chi connectivity index (χ4v) is 3.32. The van der Waals surface area contributed by atoms with E-state index in [2.05, 4.69) is 5.10 Å². The summed E-state index contributed by atoms with van der Waals surface area (Å²) in [6.45, 7) is 6.56. The van der Waals surface area contributed by atoms with E-state index >= 15 is 0 Å². The summed E-state index contributed by atoms with van der Waals surface area (Å²) < 4.78 is 102. The average molecular weight is 481 g/mol. The van der Waals surface area contributed by atoms with E-state index in [-0.39, 0.29) is 23.0 Å². The van der Waals surface area contributed by atoms with E-state index in [0.717, 1.165) is 12.1 Å². The summed E-state index contributed by atoms with van der Waals surface area (Å²) in [4.78, 5) is 0. The van der Waals surface area contributed by atoms with Gasteiger partial charge in [-0.05, 0) is 64.1 Å². The largest absolute Gasteiger partial charge is 0.516 e. The maximum Gasteiger partial charge on any atom is 0.516 e. The number of halogens is 6. The van der Waals surface area contributed by atoms with Crippen molar-refractivity contribution in [3.05, 3.63) is 59.2 Å². The first-order chi connectivity index (χ1) is 14.5. The molecule has 1 N–H and O–H groups in total. The third-order valence-corrected chi connectivity index (χ3v) is 5.42. The summed E-state index contributed by atoms with van der Waals surface area (Å²) >= 11 is 0. The molecule has 0 saturated carbocycles. The van der Waals surface area contributed by atoms with Crippen LogP contribution in [-0.2, 0) is 16.2 Å². The molecule has 2 aromatic rings. The van der Waals surface area contributed by atoms with Crippen LogP contribution in [0.4, 0.5) is 37.7 Å². The number of benzene rings is 2. The second-order valence-electron chi connectivity index (χ2n) is 7.27. The summed E-state index contributed by atoms with van der Waals surface area (Å²) in [5.74, 6) is 0. The fourth-order valence-electron chi connectivity index (χ4n) is 2.74. The van der Waals surface area contributed by atoms with E-state index in [9.17, 15) is 34.8 Å². The van der Waals surface area contributed by atoms with Gasteiger partial charge in [0.15, 0.2) is 0 Å². The Morgan fingerprint density at radius 2 is 1.56 bits per heavy atom. The molecule has 0 atom stereocenters. The number of rotatable bonds is 6. The molecule has 12 heteroatoms. The summed E-state index contributed by atoms with van der Waals surface area (Å²) in [5, 5.41) is 5.74. The normalized spacial score (nSPS) is 13.4. The Hall–Kier alpha value is -2.76. The Kier molecular flexibility index (Phi) is 7.18. The highest BCUT2D eigenvalue weighted by molar-refractivity contribution is 7.93. The van der Waals surface area contributed by atoms with Crippen LogP contribution in [0.2, 0.25) is 0 Å².